The van der Waals surface area contributed by atoms with Crippen LogP contribution in [0, 0.1) is 0 Å². The summed E-state index contributed by atoms with van der Waals surface area (Å²) in [5.41, 5.74) is 8.21. The van der Waals surface area contributed by atoms with Crippen LogP contribution in [-0.4, -0.2) is 70.5 Å². The average Bonchev–Trinajstić information content (AvgIpc) is 2.86. The maximum atomic E-state index is 13.5. The number of pyridine rings is 1. The van der Waals surface area contributed by atoms with Crippen LogP contribution >= 0.6 is 0 Å². The number of hydrogen-bond acceptors (Lipinski definition) is 9. The van der Waals surface area contributed by atoms with E-state index in [1.165, 1.54) is 5.56 Å². The van der Waals surface area contributed by atoms with Crippen molar-refractivity contribution in [1.82, 2.24) is 24.8 Å². The van der Waals surface area contributed by atoms with Gasteiger partial charge in [0.15, 0.2) is 0 Å². The smallest absolute Gasteiger partial charge is 0.264 e. The minimum absolute atomic E-state index is 0.0717. The van der Waals surface area contributed by atoms with Gasteiger partial charge in [-0.3, -0.25) is 9.69 Å². The number of aromatic nitrogens is 3. The molecule has 188 valence electrons. The summed E-state index contributed by atoms with van der Waals surface area (Å²) in [7, 11) is 1.65. The number of nitrogen functional groups attached to an aromatic ring is 1. The third-order valence-electron chi connectivity index (χ3n) is 6.35. The largest absolute Gasteiger partial charge is 0.496 e. The average molecular weight is 482 g/mol. The number of rotatable bonds is 10. The molecule has 5 N–H and O–H groups in total. The van der Waals surface area contributed by atoms with Crippen LogP contribution in [0.25, 0.3) is 10.9 Å². The minimum Gasteiger partial charge on any atom is -0.496 e. The standard InChI is InChI=1S/C25H35N7O3/c1-3-4-19(16-33)28-23-22-20(29-25(26)30-23)7-10-32(24(22)34)15-18-6-5-17(13-21(18)35-2)14-31-11-8-27-9-12-31/h5-7,10,13,19,27,33H,3-4,8-9,11-12,14-16H2,1-2H3,(H3,26,28,29,30)/t19-/m0/s1. The Labute approximate surface area is 205 Å². The summed E-state index contributed by atoms with van der Waals surface area (Å²) in [6.45, 7) is 7.22. The second-order valence-corrected chi connectivity index (χ2v) is 8.92. The fraction of sp³-hybridized carbons (Fsp3) is 0.480. The number of hydrogen-bond donors (Lipinski definition) is 4. The number of methoxy groups -OCH3 is 1. The summed E-state index contributed by atoms with van der Waals surface area (Å²) in [5.74, 6) is 1.17. The molecule has 0 amide bonds. The van der Waals surface area contributed by atoms with Gasteiger partial charge in [0.1, 0.15) is 17.0 Å². The molecule has 10 nitrogen and oxygen atoms in total. The number of aliphatic hydroxyl groups is 1. The van der Waals surface area contributed by atoms with Crippen molar-refractivity contribution >= 4 is 22.7 Å². The van der Waals surface area contributed by atoms with E-state index in [9.17, 15) is 9.90 Å². The van der Waals surface area contributed by atoms with E-state index in [0.29, 0.717) is 23.3 Å². The maximum Gasteiger partial charge on any atom is 0.264 e. The number of piperazine rings is 1. The van der Waals surface area contributed by atoms with E-state index in [4.69, 9.17) is 10.5 Å². The predicted molar refractivity (Wildman–Crippen MR) is 138 cm³/mol. The van der Waals surface area contributed by atoms with Crippen molar-refractivity contribution in [3.63, 3.8) is 0 Å². The first-order chi connectivity index (χ1) is 17.0. The van der Waals surface area contributed by atoms with Gasteiger partial charge in [0, 0.05) is 44.5 Å². The van der Waals surface area contributed by atoms with Gasteiger partial charge >= 0.3 is 0 Å². The van der Waals surface area contributed by atoms with E-state index in [1.54, 1.807) is 23.9 Å². The van der Waals surface area contributed by atoms with Gasteiger partial charge in [-0.1, -0.05) is 25.5 Å². The Bertz CT molecular complexity index is 1210. The van der Waals surface area contributed by atoms with Crippen LogP contribution in [0.4, 0.5) is 11.8 Å². The number of fused-ring (bicyclic) bond motifs is 1. The van der Waals surface area contributed by atoms with Crippen LogP contribution < -0.4 is 26.7 Å². The lowest BCUT2D eigenvalue weighted by molar-refractivity contribution is 0.233. The normalized spacial score (nSPS) is 15.3. The Morgan fingerprint density at radius 1 is 1.23 bits per heavy atom. The molecule has 0 unspecified atom stereocenters. The highest BCUT2D eigenvalue weighted by Crippen LogP contribution is 2.24. The van der Waals surface area contributed by atoms with Gasteiger partial charge in [0.25, 0.3) is 5.56 Å². The number of nitrogens with two attached hydrogens (primary N) is 1. The number of nitrogens with one attached hydrogen (secondary N) is 2. The minimum atomic E-state index is -0.231. The molecule has 35 heavy (non-hydrogen) atoms. The van der Waals surface area contributed by atoms with Crippen LogP contribution in [-0.2, 0) is 13.1 Å². The highest BCUT2D eigenvalue weighted by atomic mass is 16.5. The molecule has 1 atom stereocenters. The Morgan fingerprint density at radius 2 is 2.03 bits per heavy atom. The summed E-state index contributed by atoms with van der Waals surface area (Å²) in [5, 5.41) is 16.6. The molecule has 1 aliphatic heterocycles. The lowest BCUT2D eigenvalue weighted by atomic mass is 10.1. The van der Waals surface area contributed by atoms with Gasteiger partial charge < -0.3 is 30.8 Å². The maximum absolute atomic E-state index is 13.5. The van der Waals surface area contributed by atoms with E-state index in [1.807, 2.05) is 13.0 Å². The van der Waals surface area contributed by atoms with Crippen molar-refractivity contribution in [2.75, 3.05) is 50.9 Å². The van der Waals surface area contributed by atoms with Crippen molar-refractivity contribution in [3.05, 3.63) is 51.9 Å². The highest BCUT2D eigenvalue weighted by molar-refractivity contribution is 5.89. The molecule has 4 rings (SSSR count). The lowest BCUT2D eigenvalue weighted by Crippen LogP contribution is -2.42. The van der Waals surface area contributed by atoms with Gasteiger partial charge in [-0.25, -0.2) is 4.98 Å². The molecule has 0 spiro atoms. The summed E-state index contributed by atoms with van der Waals surface area (Å²) >= 11 is 0. The Balaban J connectivity index is 1.63. The second kappa shape index (κ2) is 11.5. The number of nitrogens with zero attached hydrogens (tertiary/aromatic N) is 4. The Hall–Kier alpha value is -3.21. The molecule has 1 fully saturated rings. The molecule has 3 heterocycles. The fourth-order valence-corrected chi connectivity index (χ4v) is 4.51. The van der Waals surface area contributed by atoms with Crippen LogP contribution in [0.15, 0.2) is 35.3 Å². The van der Waals surface area contributed by atoms with E-state index in [2.05, 4.69) is 37.6 Å². The summed E-state index contributed by atoms with van der Waals surface area (Å²) in [6.07, 6.45) is 3.33. The fourth-order valence-electron chi connectivity index (χ4n) is 4.51. The molecule has 0 radical (unpaired) electrons. The zero-order valence-electron chi connectivity index (χ0n) is 20.5. The van der Waals surface area contributed by atoms with Gasteiger partial charge in [-0.15, -0.1) is 0 Å². The molecule has 0 saturated carbocycles. The van der Waals surface area contributed by atoms with Crippen LogP contribution in [0.1, 0.15) is 30.9 Å². The summed E-state index contributed by atoms with van der Waals surface area (Å²) in [4.78, 5) is 24.4. The third-order valence-corrected chi connectivity index (χ3v) is 6.35. The molecule has 10 heteroatoms. The molecule has 2 aromatic heterocycles. The van der Waals surface area contributed by atoms with Crippen LogP contribution in [0.3, 0.4) is 0 Å². The predicted octanol–water partition coefficient (Wildman–Crippen LogP) is 1.41. The van der Waals surface area contributed by atoms with E-state index in [0.717, 1.165) is 56.9 Å². The highest BCUT2D eigenvalue weighted by Gasteiger charge is 2.17. The van der Waals surface area contributed by atoms with Crippen molar-refractivity contribution in [1.29, 1.82) is 0 Å². The summed E-state index contributed by atoms with van der Waals surface area (Å²) in [6, 6.07) is 7.71. The van der Waals surface area contributed by atoms with Gasteiger partial charge in [0.05, 0.1) is 31.8 Å². The van der Waals surface area contributed by atoms with Gasteiger partial charge in [-0.05, 0) is 24.1 Å². The SMILES string of the molecule is CCC[C@@H](CO)Nc1nc(N)nc2ccn(Cc3ccc(CN4CCNCC4)cc3OC)c(=O)c12. The van der Waals surface area contributed by atoms with E-state index >= 15 is 0 Å². The molecule has 0 aliphatic carbocycles. The third kappa shape index (κ3) is 5.90. The van der Waals surface area contributed by atoms with Crippen molar-refractivity contribution in [3.8, 4) is 5.75 Å². The quantitative estimate of drug-likeness (QED) is 0.339. The second-order valence-electron chi connectivity index (χ2n) is 8.92. The molecular weight excluding hydrogens is 446 g/mol. The molecule has 0 bridgehead atoms. The lowest BCUT2D eigenvalue weighted by Gasteiger charge is -2.27. The van der Waals surface area contributed by atoms with Crippen molar-refractivity contribution in [2.45, 2.75) is 38.9 Å². The molecule has 3 aromatic rings. The van der Waals surface area contributed by atoms with Crippen molar-refractivity contribution < 1.29 is 9.84 Å². The number of benzene rings is 1. The number of ether oxygens (including phenoxy) is 1. The topological polar surface area (TPSA) is 131 Å². The van der Waals surface area contributed by atoms with Gasteiger partial charge in [0.2, 0.25) is 5.95 Å². The zero-order valence-corrected chi connectivity index (χ0v) is 20.5. The van der Waals surface area contributed by atoms with E-state index < -0.39 is 0 Å². The molecular formula is C25H35N7O3. The van der Waals surface area contributed by atoms with Crippen LogP contribution in [0.2, 0.25) is 0 Å². The number of anilines is 2. The summed E-state index contributed by atoms with van der Waals surface area (Å²) < 4.78 is 7.30. The first kappa shape index (κ1) is 24.9. The molecule has 1 aliphatic rings. The molecule has 1 aromatic carbocycles. The van der Waals surface area contributed by atoms with Crippen molar-refractivity contribution in [2.24, 2.45) is 0 Å². The zero-order chi connectivity index (χ0) is 24.8. The first-order valence-electron chi connectivity index (χ1n) is 12.1. The first-order valence-corrected chi connectivity index (χ1v) is 12.1. The Morgan fingerprint density at radius 3 is 2.74 bits per heavy atom. The monoisotopic (exact) mass is 481 g/mol. The molecule has 1 saturated heterocycles. The Kier molecular flexibility index (Phi) is 8.17. The van der Waals surface area contributed by atoms with E-state index in [-0.39, 0.29) is 24.2 Å². The van der Waals surface area contributed by atoms with Crippen LogP contribution in [0.5, 0.6) is 5.75 Å². The van der Waals surface area contributed by atoms with Gasteiger partial charge in [-0.2, -0.15) is 4.98 Å². The number of aliphatic hydroxyl groups excluding tert-OH is 1.